The highest BCUT2D eigenvalue weighted by Crippen LogP contribution is 2.29. The Bertz CT molecular complexity index is 333. The molecule has 0 spiro atoms. The van der Waals surface area contributed by atoms with Gasteiger partial charge in [-0.2, -0.15) is 0 Å². The summed E-state index contributed by atoms with van der Waals surface area (Å²) in [6.45, 7) is 11.8. The molecule has 1 N–H and O–H groups in total. The SMILES string of the molecule is CCCC1NC(C)(CC)C(=O)N1C(CC(C)C)CN(C)C. The van der Waals surface area contributed by atoms with E-state index in [9.17, 15) is 4.79 Å². The smallest absolute Gasteiger partial charge is 0.244 e. The van der Waals surface area contributed by atoms with Crippen molar-refractivity contribution >= 4 is 5.91 Å². The lowest BCUT2D eigenvalue weighted by Gasteiger charge is -2.35. The van der Waals surface area contributed by atoms with E-state index in [2.05, 4.69) is 63.8 Å². The van der Waals surface area contributed by atoms with Crippen molar-refractivity contribution in [2.24, 2.45) is 5.92 Å². The van der Waals surface area contributed by atoms with Gasteiger partial charge < -0.3 is 9.80 Å². The molecule has 1 fully saturated rings. The van der Waals surface area contributed by atoms with E-state index >= 15 is 0 Å². The van der Waals surface area contributed by atoms with Crippen LogP contribution in [0.15, 0.2) is 0 Å². The Kier molecular flexibility index (Phi) is 6.67. The van der Waals surface area contributed by atoms with Crippen LogP contribution < -0.4 is 5.32 Å². The number of carbonyl (C=O) groups is 1. The second-order valence-electron chi connectivity index (χ2n) is 7.39. The molecule has 1 aliphatic heterocycles. The first-order valence-electron chi connectivity index (χ1n) is 8.50. The fraction of sp³-hybridized carbons (Fsp3) is 0.941. The summed E-state index contributed by atoms with van der Waals surface area (Å²) in [5, 5.41) is 3.60. The van der Waals surface area contributed by atoms with Gasteiger partial charge in [-0.1, -0.05) is 34.1 Å². The lowest BCUT2D eigenvalue weighted by molar-refractivity contribution is -0.135. The number of nitrogens with zero attached hydrogens (tertiary/aromatic N) is 2. The largest absolute Gasteiger partial charge is 0.321 e. The van der Waals surface area contributed by atoms with Crippen LogP contribution in [0.25, 0.3) is 0 Å². The van der Waals surface area contributed by atoms with Gasteiger partial charge in [0.05, 0.1) is 11.7 Å². The average Bonchev–Trinajstić information content (AvgIpc) is 2.61. The van der Waals surface area contributed by atoms with Crippen molar-refractivity contribution in [3.8, 4) is 0 Å². The molecule has 1 amide bonds. The summed E-state index contributed by atoms with van der Waals surface area (Å²) >= 11 is 0. The van der Waals surface area contributed by atoms with Gasteiger partial charge in [-0.15, -0.1) is 0 Å². The molecule has 3 atom stereocenters. The molecule has 0 bridgehead atoms. The maximum absolute atomic E-state index is 13.0. The minimum Gasteiger partial charge on any atom is -0.321 e. The van der Waals surface area contributed by atoms with Crippen molar-refractivity contribution in [1.29, 1.82) is 0 Å². The van der Waals surface area contributed by atoms with Crippen LogP contribution >= 0.6 is 0 Å². The minimum atomic E-state index is -0.388. The van der Waals surface area contributed by atoms with Crippen LogP contribution in [0.3, 0.4) is 0 Å². The topological polar surface area (TPSA) is 35.6 Å². The van der Waals surface area contributed by atoms with E-state index in [1.54, 1.807) is 0 Å². The predicted molar refractivity (Wildman–Crippen MR) is 89.2 cm³/mol. The predicted octanol–water partition coefficient (Wildman–Crippen LogP) is 2.69. The Labute approximate surface area is 131 Å². The second-order valence-corrected chi connectivity index (χ2v) is 7.39. The number of carbonyl (C=O) groups excluding carboxylic acids is 1. The van der Waals surface area contributed by atoms with Gasteiger partial charge in [-0.3, -0.25) is 10.1 Å². The quantitative estimate of drug-likeness (QED) is 0.748. The maximum atomic E-state index is 13.0. The summed E-state index contributed by atoms with van der Waals surface area (Å²) in [5.74, 6) is 0.884. The van der Waals surface area contributed by atoms with Gasteiger partial charge in [0.15, 0.2) is 0 Å². The van der Waals surface area contributed by atoms with Gasteiger partial charge in [-0.05, 0) is 46.2 Å². The highest BCUT2D eigenvalue weighted by Gasteiger charge is 2.48. The standard InChI is InChI=1S/C17H35N3O/c1-8-10-15-18-17(5,9-2)16(21)20(15)14(11-13(3)4)12-19(6)7/h13-15,18H,8-12H2,1-7H3. The zero-order valence-electron chi connectivity index (χ0n) is 15.1. The van der Waals surface area contributed by atoms with Gasteiger partial charge in [-0.25, -0.2) is 0 Å². The van der Waals surface area contributed by atoms with Crippen LogP contribution in [-0.2, 0) is 4.79 Å². The van der Waals surface area contributed by atoms with Crippen molar-refractivity contribution < 1.29 is 4.79 Å². The first kappa shape index (κ1) is 18.4. The van der Waals surface area contributed by atoms with E-state index in [0.717, 1.165) is 32.2 Å². The third kappa shape index (κ3) is 4.43. The van der Waals surface area contributed by atoms with Crippen molar-refractivity contribution in [1.82, 2.24) is 15.1 Å². The fourth-order valence-electron chi connectivity index (χ4n) is 3.33. The van der Waals surface area contributed by atoms with E-state index in [4.69, 9.17) is 0 Å². The van der Waals surface area contributed by atoms with Crippen molar-refractivity contribution in [2.75, 3.05) is 20.6 Å². The number of nitrogens with one attached hydrogen (secondary N) is 1. The van der Waals surface area contributed by atoms with Gasteiger partial charge in [0.25, 0.3) is 0 Å². The Morgan fingerprint density at radius 2 is 1.95 bits per heavy atom. The molecule has 0 aromatic rings. The normalized spacial score (nSPS) is 28.0. The third-order valence-electron chi connectivity index (χ3n) is 4.51. The number of amides is 1. The van der Waals surface area contributed by atoms with Crippen LogP contribution in [-0.4, -0.2) is 54.1 Å². The molecule has 0 aromatic heterocycles. The highest BCUT2D eigenvalue weighted by molar-refractivity contribution is 5.88. The molecule has 3 unspecified atom stereocenters. The summed E-state index contributed by atoms with van der Waals surface area (Å²) in [6.07, 6.45) is 4.22. The van der Waals surface area contributed by atoms with E-state index < -0.39 is 0 Å². The minimum absolute atomic E-state index is 0.191. The van der Waals surface area contributed by atoms with Crippen LogP contribution in [0.2, 0.25) is 0 Å². The molecule has 0 radical (unpaired) electrons. The summed E-state index contributed by atoms with van der Waals surface area (Å²) in [6, 6.07) is 0.296. The Morgan fingerprint density at radius 1 is 1.33 bits per heavy atom. The van der Waals surface area contributed by atoms with Crippen LogP contribution in [0.1, 0.15) is 60.3 Å². The van der Waals surface area contributed by atoms with Gasteiger partial charge >= 0.3 is 0 Å². The Morgan fingerprint density at radius 3 is 2.38 bits per heavy atom. The monoisotopic (exact) mass is 297 g/mol. The van der Waals surface area contributed by atoms with Gasteiger partial charge in [0, 0.05) is 12.6 Å². The number of likely N-dealkylation sites (N-methyl/N-ethyl adjacent to an activating group) is 1. The Balaban J connectivity index is 3.02. The van der Waals surface area contributed by atoms with E-state index in [-0.39, 0.29) is 17.6 Å². The molecular formula is C17H35N3O. The maximum Gasteiger partial charge on any atom is 0.244 e. The van der Waals surface area contributed by atoms with E-state index in [1.165, 1.54) is 0 Å². The summed E-state index contributed by atoms with van der Waals surface area (Å²) < 4.78 is 0. The second kappa shape index (κ2) is 7.59. The molecule has 0 aromatic carbocycles. The first-order chi connectivity index (χ1) is 9.75. The zero-order chi connectivity index (χ0) is 16.2. The zero-order valence-corrected chi connectivity index (χ0v) is 15.1. The third-order valence-corrected chi connectivity index (χ3v) is 4.51. The lowest BCUT2D eigenvalue weighted by atomic mass is 9.97. The molecule has 4 heteroatoms. The first-order valence-corrected chi connectivity index (χ1v) is 8.50. The van der Waals surface area contributed by atoms with Crippen molar-refractivity contribution in [3.05, 3.63) is 0 Å². The highest BCUT2D eigenvalue weighted by atomic mass is 16.2. The molecule has 0 aliphatic carbocycles. The number of rotatable bonds is 8. The van der Waals surface area contributed by atoms with Crippen LogP contribution in [0.5, 0.6) is 0 Å². The summed E-state index contributed by atoms with van der Waals surface area (Å²) in [4.78, 5) is 17.4. The summed E-state index contributed by atoms with van der Waals surface area (Å²) in [7, 11) is 4.18. The van der Waals surface area contributed by atoms with Gasteiger partial charge in [0.2, 0.25) is 5.91 Å². The number of hydrogen-bond donors (Lipinski definition) is 1. The van der Waals surface area contributed by atoms with E-state index in [1.807, 2.05) is 0 Å². The lowest BCUT2D eigenvalue weighted by Crippen LogP contribution is -2.49. The molecule has 0 saturated carbocycles. The molecule has 124 valence electrons. The molecule has 21 heavy (non-hydrogen) atoms. The molecule has 1 saturated heterocycles. The van der Waals surface area contributed by atoms with Crippen molar-refractivity contribution in [3.63, 3.8) is 0 Å². The average molecular weight is 297 g/mol. The van der Waals surface area contributed by atoms with Crippen LogP contribution in [0, 0.1) is 5.92 Å². The Hall–Kier alpha value is -0.610. The molecule has 4 nitrogen and oxygen atoms in total. The van der Waals surface area contributed by atoms with Gasteiger partial charge in [0.1, 0.15) is 0 Å². The number of hydrogen-bond acceptors (Lipinski definition) is 3. The molecular weight excluding hydrogens is 262 g/mol. The molecule has 1 rings (SSSR count). The molecule has 1 heterocycles. The molecule has 1 aliphatic rings. The fourth-order valence-corrected chi connectivity index (χ4v) is 3.33. The van der Waals surface area contributed by atoms with Crippen LogP contribution in [0.4, 0.5) is 0 Å². The van der Waals surface area contributed by atoms with Crippen molar-refractivity contribution in [2.45, 2.75) is 78.0 Å². The van der Waals surface area contributed by atoms with E-state index in [0.29, 0.717) is 12.0 Å². The summed E-state index contributed by atoms with van der Waals surface area (Å²) in [5.41, 5.74) is -0.388.